The fraction of sp³-hybridized carbons (Fsp3) is 0.867. The number of nitrogens with one attached hydrogen (secondary N) is 1. The third-order valence-corrected chi connectivity index (χ3v) is 4.32. The fourth-order valence-corrected chi connectivity index (χ4v) is 3.09. The Kier molecular flexibility index (Phi) is 5.83. The van der Waals surface area contributed by atoms with Crippen molar-refractivity contribution in [2.45, 2.75) is 64.3 Å². The van der Waals surface area contributed by atoms with Crippen molar-refractivity contribution in [1.29, 1.82) is 0 Å². The quantitative estimate of drug-likeness (QED) is 0.785. The zero-order valence-corrected chi connectivity index (χ0v) is 12.4. The van der Waals surface area contributed by atoms with Crippen molar-refractivity contribution in [2.75, 3.05) is 6.54 Å². The first-order valence-electron chi connectivity index (χ1n) is 7.85. The van der Waals surface area contributed by atoms with E-state index in [-0.39, 0.29) is 0 Å². The maximum absolute atomic E-state index is 4.36. The molecule has 1 N–H and O–H groups in total. The second kappa shape index (κ2) is 7.63. The van der Waals surface area contributed by atoms with Crippen LogP contribution in [0.2, 0.25) is 0 Å². The molecular formula is C15H28N4. The van der Waals surface area contributed by atoms with Crippen molar-refractivity contribution < 1.29 is 0 Å². The van der Waals surface area contributed by atoms with E-state index in [0.717, 1.165) is 24.7 Å². The predicted molar refractivity (Wildman–Crippen MR) is 78.0 cm³/mol. The summed E-state index contributed by atoms with van der Waals surface area (Å²) in [6, 6.07) is 0.559. The summed E-state index contributed by atoms with van der Waals surface area (Å²) in [4.78, 5) is 4.36. The lowest BCUT2D eigenvalue weighted by Gasteiger charge is -2.20. The minimum absolute atomic E-state index is 0.559. The van der Waals surface area contributed by atoms with Crippen LogP contribution in [0.15, 0.2) is 6.33 Å². The summed E-state index contributed by atoms with van der Waals surface area (Å²) in [6.07, 6.45) is 12.3. The van der Waals surface area contributed by atoms with Crippen LogP contribution in [0.3, 0.4) is 0 Å². The molecule has 0 bridgehead atoms. The molecule has 1 heterocycles. The predicted octanol–water partition coefficient (Wildman–Crippen LogP) is 2.70. The summed E-state index contributed by atoms with van der Waals surface area (Å²) < 4.78 is 1.90. The van der Waals surface area contributed by atoms with Crippen molar-refractivity contribution in [3.63, 3.8) is 0 Å². The van der Waals surface area contributed by atoms with Crippen LogP contribution in [-0.2, 0) is 13.5 Å². The number of rotatable bonds is 8. The van der Waals surface area contributed by atoms with Crippen LogP contribution in [0.4, 0.5) is 0 Å². The molecule has 4 heteroatoms. The molecule has 0 spiro atoms. The molecule has 0 amide bonds. The highest BCUT2D eigenvalue weighted by molar-refractivity contribution is 4.89. The molecule has 1 fully saturated rings. The van der Waals surface area contributed by atoms with Gasteiger partial charge in [0.2, 0.25) is 0 Å². The Hall–Kier alpha value is -0.900. The minimum atomic E-state index is 0.559. The molecule has 0 aliphatic heterocycles. The van der Waals surface area contributed by atoms with Gasteiger partial charge in [-0.05, 0) is 31.7 Å². The average molecular weight is 264 g/mol. The molecule has 1 saturated carbocycles. The summed E-state index contributed by atoms with van der Waals surface area (Å²) in [5.74, 6) is 2.07. The molecule has 4 nitrogen and oxygen atoms in total. The van der Waals surface area contributed by atoms with Crippen molar-refractivity contribution in [2.24, 2.45) is 13.0 Å². The van der Waals surface area contributed by atoms with Crippen LogP contribution >= 0.6 is 0 Å². The van der Waals surface area contributed by atoms with E-state index in [2.05, 4.69) is 22.3 Å². The van der Waals surface area contributed by atoms with Crippen LogP contribution in [0.25, 0.3) is 0 Å². The first-order valence-corrected chi connectivity index (χ1v) is 7.85. The van der Waals surface area contributed by atoms with Crippen molar-refractivity contribution >= 4 is 0 Å². The largest absolute Gasteiger partial charge is 0.314 e. The summed E-state index contributed by atoms with van der Waals surface area (Å²) in [7, 11) is 1.98. The molecule has 19 heavy (non-hydrogen) atoms. The van der Waals surface area contributed by atoms with Crippen LogP contribution in [0.1, 0.15) is 57.7 Å². The first-order chi connectivity index (χ1) is 9.29. The normalized spacial score (nSPS) is 18.0. The second-order valence-corrected chi connectivity index (χ2v) is 5.88. The van der Waals surface area contributed by atoms with E-state index in [9.17, 15) is 0 Å². The Bertz CT molecular complexity index is 355. The monoisotopic (exact) mass is 264 g/mol. The molecule has 0 aromatic carbocycles. The van der Waals surface area contributed by atoms with Gasteiger partial charge in [0.15, 0.2) is 0 Å². The van der Waals surface area contributed by atoms with Crippen molar-refractivity contribution in [3.05, 3.63) is 12.2 Å². The first kappa shape index (κ1) is 14.5. The third kappa shape index (κ3) is 4.60. The number of aryl methyl sites for hydroxylation is 1. The van der Waals surface area contributed by atoms with Gasteiger partial charge in [0.05, 0.1) is 0 Å². The van der Waals surface area contributed by atoms with Gasteiger partial charge >= 0.3 is 0 Å². The van der Waals surface area contributed by atoms with E-state index in [1.807, 2.05) is 11.7 Å². The lowest BCUT2D eigenvalue weighted by atomic mass is 9.97. The third-order valence-electron chi connectivity index (χ3n) is 4.32. The summed E-state index contributed by atoms with van der Waals surface area (Å²) in [6.45, 7) is 3.33. The Morgan fingerprint density at radius 2 is 2.21 bits per heavy atom. The zero-order chi connectivity index (χ0) is 13.5. The van der Waals surface area contributed by atoms with Crippen LogP contribution in [0.5, 0.6) is 0 Å². The molecular weight excluding hydrogens is 236 g/mol. The molecule has 0 radical (unpaired) electrons. The molecule has 1 aromatic heterocycles. The number of aromatic nitrogens is 3. The maximum Gasteiger partial charge on any atom is 0.138 e. The molecule has 1 aliphatic carbocycles. The van der Waals surface area contributed by atoms with Crippen LogP contribution < -0.4 is 5.32 Å². The molecule has 0 saturated heterocycles. The lowest BCUT2D eigenvalue weighted by molar-refractivity contribution is 0.395. The molecule has 1 aliphatic rings. The van der Waals surface area contributed by atoms with Gasteiger partial charge in [0, 0.05) is 19.5 Å². The maximum atomic E-state index is 4.36. The topological polar surface area (TPSA) is 42.7 Å². The van der Waals surface area contributed by atoms with Gasteiger partial charge in [0.1, 0.15) is 12.2 Å². The van der Waals surface area contributed by atoms with Gasteiger partial charge < -0.3 is 5.32 Å². The highest BCUT2D eigenvalue weighted by Gasteiger charge is 2.18. The van der Waals surface area contributed by atoms with E-state index in [0.29, 0.717) is 6.04 Å². The molecule has 1 aromatic rings. The van der Waals surface area contributed by atoms with Gasteiger partial charge in [-0.1, -0.05) is 32.6 Å². The van der Waals surface area contributed by atoms with E-state index < -0.39 is 0 Å². The zero-order valence-electron chi connectivity index (χ0n) is 12.4. The number of nitrogens with zero attached hydrogens (tertiary/aromatic N) is 3. The fourth-order valence-electron chi connectivity index (χ4n) is 3.09. The van der Waals surface area contributed by atoms with Gasteiger partial charge in [-0.15, -0.1) is 0 Å². The SMILES string of the molecule is CCCNC(CCC1CCCC1)Cc1ncnn1C. The van der Waals surface area contributed by atoms with Crippen LogP contribution in [0, 0.1) is 5.92 Å². The Balaban J connectivity index is 1.82. The van der Waals surface area contributed by atoms with E-state index in [1.54, 1.807) is 6.33 Å². The molecule has 1 unspecified atom stereocenters. The van der Waals surface area contributed by atoms with Crippen molar-refractivity contribution in [3.8, 4) is 0 Å². The summed E-state index contributed by atoms with van der Waals surface area (Å²) in [5.41, 5.74) is 0. The van der Waals surface area contributed by atoms with Gasteiger partial charge in [-0.25, -0.2) is 4.98 Å². The van der Waals surface area contributed by atoms with Crippen molar-refractivity contribution in [1.82, 2.24) is 20.1 Å². The smallest absolute Gasteiger partial charge is 0.138 e. The van der Waals surface area contributed by atoms with Gasteiger partial charge in [-0.2, -0.15) is 5.10 Å². The van der Waals surface area contributed by atoms with Gasteiger partial charge in [-0.3, -0.25) is 4.68 Å². The summed E-state index contributed by atoms with van der Waals surface area (Å²) >= 11 is 0. The highest BCUT2D eigenvalue weighted by atomic mass is 15.3. The minimum Gasteiger partial charge on any atom is -0.314 e. The van der Waals surface area contributed by atoms with E-state index in [4.69, 9.17) is 0 Å². The lowest BCUT2D eigenvalue weighted by Crippen LogP contribution is -2.33. The Labute approximate surface area is 117 Å². The van der Waals surface area contributed by atoms with E-state index in [1.165, 1.54) is 44.9 Å². The number of hydrogen-bond acceptors (Lipinski definition) is 3. The average Bonchev–Trinajstić information content (AvgIpc) is 3.05. The Morgan fingerprint density at radius 1 is 1.42 bits per heavy atom. The molecule has 108 valence electrons. The second-order valence-electron chi connectivity index (χ2n) is 5.88. The molecule has 1 atom stereocenters. The summed E-state index contributed by atoms with van der Waals surface area (Å²) in [5, 5.41) is 7.84. The highest BCUT2D eigenvalue weighted by Crippen LogP contribution is 2.29. The van der Waals surface area contributed by atoms with Crippen LogP contribution in [-0.4, -0.2) is 27.4 Å². The number of hydrogen-bond donors (Lipinski definition) is 1. The van der Waals surface area contributed by atoms with Gasteiger partial charge in [0.25, 0.3) is 0 Å². The Morgan fingerprint density at radius 3 is 2.84 bits per heavy atom. The standard InChI is InChI=1S/C15H28N4/c1-3-10-16-14(9-8-13-6-4-5-7-13)11-15-17-12-18-19(15)2/h12-14,16H,3-11H2,1-2H3. The molecule has 2 rings (SSSR count). The van der Waals surface area contributed by atoms with E-state index >= 15 is 0 Å².